The number of sulfonamides is 1. The lowest BCUT2D eigenvalue weighted by atomic mass is 9.88. The maximum atomic E-state index is 12.6. The van der Waals surface area contributed by atoms with Gasteiger partial charge in [-0.3, -0.25) is 0 Å². The molecule has 1 aliphatic rings. The molecule has 0 bridgehead atoms. The zero-order chi connectivity index (χ0) is 14.9. The van der Waals surface area contributed by atoms with Crippen LogP contribution in [0.5, 0.6) is 0 Å². The minimum Gasteiger partial charge on any atom is -0.398 e. The van der Waals surface area contributed by atoms with Crippen molar-refractivity contribution in [3.05, 3.63) is 23.3 Å². The minimum absolute atomic E-state index is 0.0462. The lowest BCUT2D eigenvalue weighted by molar-refractivity contribution is 0.327. The van der Waals surface area contributed by atoms with Gasteiger partial charge < -0.3 is 5.73 Å². The number of anilines is 1. The molecule has 1 fully saturated rings. The summed E-state index contributed by atoms with van der Waals surface area (Å²) in [6.45, 7) is 5.79. The van der Waals surface area contributed by atoms with Gasteiger partial charge in [0, 0.05) is 11.7 Å². The highest BCUT2D eigenvalue weighted by Crippen LogP contribution is 2.27. The first-order valence-electron chi connectivity index (χ1n) is 7.18. The number of hydrogen-bond donors (Lipinski definition) is 2. The second kappa shape index (κ2) is 5.74. The number of aryl methyl sites for hydroxylation is 1. The molecule has 1 saturated carbocycles. The lowest BCUT2D eigenvalue weighted by Crippen LogP contribution is -2.38. The summed E-state index contributed by atoms with van der Waals surface area (Å²) in [4.78, 5) is 0.313. The van der Waals surface area contributed by atoms with E-state index in [1.54, 1.807) is 19.1 Å². The fourth-order valence-corrected chi connectivity index (χ4v) is 4.60. The second-order valence-electron chi connectivity index (χ2n) is 6.07. The molecule has 3 N–H and O–H groups in total. The zero-order valence-electron chi connectivity index (χ0n) is 12.4. The van der Waals surface area contributed by atoms with Gasteiger partial charge in [0.25, 0.3) is 0 Å². The standard InChI is InChI=1S/C15H24N2O2S/c1-10-5-4-6-13(7-10)17-20(18,19)15-9-11(2)8-14(16)12(15)3/h8-10,13,17H,4-7,16H2,1-3H3. The summed E-state index contributed by atoms with van der Waals surface area (Å²) < 4.78 is 28.0. The molecule has 0 spiro atoms. The highest BCUT2D eigenvalue weighted by Gasteiger charge is 2.26. The third-order valence-electron chi connectivity index (χ3n) is 4.09. The number of hydrogen-bond acceptors (Lipinski definition) is 3. The predicted molar refractivity (Wildman–Crippen MR) is 82.1 cm³/mol. The third-order valence-corrected chi connectivity index (χ3v) is 5.74. The molecule has 5 heteroatoms. The summed E-state index contributed by atoms with van der Waals surface area (Å²) in [5.74, 6) is 0.583. The van der Waals surface area contributed by atoms with E-state index < -0.39 is 10.0 Å². The van der Waals surface area contributed by atoms with Gasteiger partial charge in [-0.15, -0.1) is 0 Å². The Balaban J connectivity index is 2.26. The monoisotopic (exact) mass is 296 g/mol. The average molecular weight is 296 g/mol. The summed E-state index contributed by atoms with van der Waals surface area (Å²) in [5, 5.41) is 0. The van der Waals surface area contributed by atoms with Crippen LogP contribution in [0.4, 0.5) is 5.69 Å². The first-order valence-corrected chi connectivity index (χ1v) is 8.67. The normalized spacial score (nSPS) is 23.8. The molecule has 112 valence electrons. The Kier molecular flexibility index (Phi) is 4.39. The van der Waals surface area contributed by atoms with Gasteiger partial charge in [0.05, 0.1) is 4.90 Å². The summed E-state index contributed by atoms with van der Waals surface area (Å²) in [5.41, 5.74) is 7.91. The molecular formula is C15H24N2O2S. The van der Waals surface area contributed by atoms with Crippen LogP contribution in [0.3, 0.4) is 0 Å². The fraction of sp³-hybridized carbons (Fsp3) is 0.600. The van der Waals surface area contributed by atoms with E-state index in [9.17, 15) is 8.42 Å². The predicted octanol–water partition coefficient (Wildman–Crippen LogP) is 2.74. The molecule has 0 saturated heterocycles. The van der Waals surface area contributed by atoms with Gasteiger partial charge >= 0.3 is 0 Å². The fourth-order valence-electron chi connectivity index (χ4n) is 2.96. The van der Waals surface area contributed by atoms with Crippen molar-refractivity contribution in [1.82, 2.24) is 4.72 Å². The largest absolute Gasteiger partial charge is 0.398 e. The van der Waals surface area contributed by atoms with Crippen LogP contribution in [0.15, 0.2) is 17.0 Å². The van der Waals surface area contributed by atoms with Gasteiger partial charge in [-0.2, -0.15) is 0 Å². The Hall–Kier alpha value is -1.07. The van der Waals surface area contributed by atoms with E-state index in [0.29, 0.717) is 22.1 Å². The van der Waals surface area contributed by atoms with Crippen LogP contribution in [0, 0.1) is 19.8 Å². The Morgan fingerprint density at radius 2 is 1.95 bits per heavy atom. The van der Waals surface area contributed by atoms with Gasteiger partial charge in [0.15, 0.2) is 0 Å². The molecule has 4 nitrogen and oxygen atoms in total. The molecule has 2 rings (SSSR count). The maximum absolute atomic E-state index is 12.6. The van der Waals surface area contributed by atoms with Crippen LogP contribution < -0.4 is 10.5 Å². The SMILES string of the molecule is Cc1cc(N)c(C)c(S(=O)(=O)NC2CCCC(C)C2)c1. The van der Waals surface area contributed by atoms with Crippen LogP contribution in [0.1, 0.15) is 43.7 Å². The quantitative estimate of drug-likeness (QED) is 0.842. The summed E-state index contributed by atoms with van der Waals surface area (Å²) in [6, 6.07) is 3.54. The van der Waals surface area contributed by atoms with Crippen LogP contribution in [-0.4, -0.2) is 14.5 Å². The van der Waals surface area contributed by atoms with Crippen molar-refractivity contribution in [2.45, 2.75) is 57.4 Å². The average Bonchev–Trinajstić information content (AvgIpc) is 2.33. The molecule has 20 heavy (non-hydrogen) atoms. The zero-order valence-corrected chi connectivity index (χ0v) is 13.3. The van der Waals surface area contributed by atoms with Crippen molar-refractivity contribution >= 4 is 15.7 Å². The number of nitrogen functional groups attached to an aromatic ring is 1. The van der Waals surface area contributed by atoms with Crippen molar-refractivity contribution < 1.29 is 8.42 Å². The Labute approximate surface area is 121 Å². The first kappa shape index (κ1) is 15.3. The summed E-state index contributed by atoms with van der Waals surface area (Å²) >= 11 is 0. The van der Waals surface area contributed by atoms with Crippen molar-refractivity contribution in [3.63, 3.8) is 0 Å². The Bertz CT molecular complexity index is 596. The molecule has 2 unspecified atom stereocenters. The van der Waals surface area contributed by atoms with E-state index in [2.05, 4.69) is 11.6 Å². The number of nitrogens with one attached hydrogen (secondary N) is 1. The Morgan fingerprint density at radius 3 is 2.60 bits per heavy atom. The van der Waals surface area contributed by atoms with Crippen molar-refractivity contribution in [3.8, 4) is 0 Å². The molecule has 1 aliphatic carbocycles. The number of nitrogens with two attached hydrogens (primary N) is 1. The Morgan fingerprint density at radius 1 is 1.25 bits per heavy atom. The molecule has 0 radical (unpaired) electrons. The van der Waals surface area contributed by atoms with E-state index >= 15 is 0 Å². The molecule has 0 aliphatic heterocycles. The van der Waals surface area contributed by atoms with Crippen LogP contribution >= 0.6 is 0 Å². The van der Waals surface area contributed by atoms with Crippen LogP contribution in [0.2, 0.25) is 0 Å². The smallest absolute Gasteiger partial charge is 0.241 e. The minimum atomic E-state index is -3.49. The van der Waals surface area contributed by atoms with Gasteiger partial charge in [0.2, 0.25) is 10.0 Å². The number of benzene rings is 1. The number of rotatable bonds is 3. The summed E-state index contributed by atoms with van der Waals surface area (Å²) in [7, 11) is -3.49. The molecule has 2 atom stereocenters. The van der Waals surface area contributed by atoms with Crippen LogP contribution in [0.25, 0.3) is 0 Å². The van der Waals surface area contributed by atoms with E-state index in [4.69, 9.17) is 5.73 Å². The lowest BCUT2D eigenvalue weighted by Gasteiger charge is -2.27. The topological polar surface area (TPSA) is 72.2 Å². The van der Waals surface area contributed by atoms with Gasteiger partial charge in [0.1, 0.15) is 0 Å². The summed E-state index contributed by atoms with van der Waals surface area (Å²) in [6.07, 6.45) is 4.11. The highest BCUT2D eigenvalue weighted by molar-refractivity contribution is 7.89. The molecule has 1 aromatic rings. The molecule has 1 aromatic carbocycles. The van der Waals surface area contributed by atoms with Crippen molar-refractivity contribution in [1.29, 1.82) is 0 Å². The van der Waals surface area contributed by atoms with E-state index in [-0.39, 0.29) is 6.04 Å². The van der Waals surface area contributed by atoms with Gasteiger partial charge in [-0.05, 0) is 55.9 Å². The van der Waals surface area contributed by atoms with Crippen molar-refractivity contribution in [2.24, 2.45) is 5.92 Å². The highest BCUT2D eigenvalue weighted by atomic mass is 32.2. The maximum Gasteiger partial charge on any atom is 0.241 e. The second-order valence-corrected chi connectivity index (χ2v) is 7.75. The van der Waals surface area contributed by atoms with E-state index in [0.717, 1.165) is 24.8 Å². The van der Waals surface area contributed by atoms with E-state index in [1.807, 2.05) is 6.92 Å². The van der Waals surface area contributed by atoms with Gasteiger partial charge in [-0.25, -0.2) is 13.1 Å². The van der Waals surface area contributed by atoms with Crippen LogP contribution in [-0.2, 0) is 10.0 Å². The van der Waals surface area contributed by atoms with Crippen molar-refractivity contribution in [2.75, 3.05) is 5.73 Å². The molecule has 0 heterocycles. The molecule has 0 amide bonds. The van der Waals surface area contributed by atoms with E-state index in [1.165, 1.54) is 6.42 Å². The first-order chi connectivity index (χ1) is 9.29. The third kappa shape index (κ3) is 3.33. The molecular weight excluding hydrogens is 272 g/mol. The molecule has 0 aromatic heterocycles. The van der Waals surface area contributed by atoms with Gasteiger partial charge in [-0.1, -0.05) is 19.8 Å².